The number of hydrogen-bond acceptors (Lipinski definition) is 3. The van der Waals surface area contributed by atoms with E-state index in [1.165, 1.54) is 82.1 Å². The summed E-state index contributed by atoms with van der Waals surface area (Å²) in [6.07, 6.45) is 3.59. The zero-order valence-corrected chi connectivity index (χ0v) is 24.8. The Morgan fingerprint density at radius 3 is 1.89 bits per heavy atom. The summed E-state index contributed by atoms with van der Waals surface area (Å²) in [7, 11) is 0. The van der Waals surface area contributed by atoms with E-state index in [1.807, 2.05) is 6.20 Å². The predicted molar refractivity (Wildman–Crippen MR) is 186 cm³/mol. The van der Waals surface area contributed by atoms with Crippen LogP contribution >= 0.6 is 11.3 Å². The van der Waals surface area contributed by atoms with Crippen LogP contribution in [0.1, 0.15) is 22.3 Å². The van der Waals surface area contributed by atoms with Gasteiger partial charge in [0.2, 0.25) is 0 Å². The van der Waals surface area contributed by atoms with Gasteiger partial charge in [-0.2, -0.15) is 0 Å². The van der Waals surface area contributed by atoms with Crippen molar-refractivity contribution in [3.8, 4) is 27.9 Å². The summed E-state index contributed by atoms with van der Waals surface area (Å²) in [4.78, 5) is 9.96. The van der Waals surface area contributed by atoms with Crippen LogP contribution in [0.25, 0.3) is 70.0 Å². The average Bonchev–Trinajstić information content (AvgIpc) is 3.80. The zero-order valence-electron chi connectivity index (χ0n) is 24.0. The Hall–Kier alpha value is -5.58. The predicted octanol–water partition coefficient (Wildman–Crippen LogP) is 10.3. The molecule has 4 heteroatoms. The van der Waals surface area contributed by atoms with E-state index in [0.29, 0.717) is 0 Å². The van der Waals surface area contributed by atoms with Gasteiger partial charge in [0.05, 0.1) is 16.4 Å². The number of para-hydroxylation sites is 1. The van der Waals surface area contributed by atoms with Crippen LogP contribution in [0.3, 0.4) is 0 Å². The molecule has 0 amide bonds. The number of rotatable bonds is 1. The smallest absolute Gasteiger partial charge is 0.127 e. The van der Waals surface area contributed by atoms with Gasteiger partial charge in [0.25, 0.3) is 0 Å². The van der Waals surface area contributed by atoms with Gasteiger partial charge in [-0.3, -0.25) is 0 Å². The van der Waals surface area contributed by atoms with Crippen molar-refractivity contribution in [3.63, 3.8) is 0 Å². The molecule has 11 rings (SSSR count). The maximum absolute atomic E-state index is 4.57. The summed E-state index contributed by atoms with van der Waals surface area (Å²) in [5, 5.41) is 4.83. The van der Waals surface area contributed by atoms with Gasteiger partial charge in [0, 0.05) is 38.1 Å². The molecule has 0 atom stereocenters. The minimum atomic E-state index is -0.373. The Morgan fingerprint density at radius 1 is 0.511 bits per heavy atom. The molecule has 6 aromatic carbocycles. The number of hydrogen-bond donors (Lipinski definition) is 0. The van der Waals surface area contributed by atoms with Gasteiger partial charge >= 0.3 is 0 Å². The summed E-state index contributed by atoms with van der Waals surface area (Å²) in [5.74, 6) is 0. The third-order valence-corrected chi connectivity index (χ3v) is 11.3. The van der Waals surface area contributed by atoms with E-state index in [1.54, 1.807) is 17.7 Å². The summed E-state index contributed by atoms with van der Waals surface area (Å²) < 4.78 is 3.70. The number of nitrogens with zero attached hydrogens (tertiary/aromatic N) is 3. The van der Waals surface area contributed by atoms with Crippen molar-refractivity contribution in [3.05, 3.63) is 162 Å². The maximum Gasteiger partial charge on any atom is 0.127 e. The molecule has 0 unspecified atom stereocenters. The second-order valence-corrected chi connectivity index (χ2v) is 13.2. The largest absolute Gasteiger partial charge is 0.309 e. The lowest BCUT2D eigenvalue weighted by molar-refractivity contribution is 0.792. The molecule has 3 nitrogen and oxygen atoms in total. The Balaban J connectivity index is 1.27. The standard InChI is InChI=1S/C41H23N3S/c1-5-13-33-25(9-1)26-10-2-6-14-34(26)41(33)35-15-7-3-11-27(35)28-18-17-24(19-36(28)41)44-37-16-8-4-12-29(37)30-21-39-31(20-38(30)44)32-22-42-23-43-40(32)45-39/h1-23H. The Bertz CT molecular complexity index is 2670. The van der Waals surface area contributed by atoms with Crippen molar-refractivity contribution in [2.75, 3.05) is 0 Å². The Labute approximate surface area is 262 Å². The fourth-order valence-electron chi connectivity index (χ4n) is 8.48. The fraction of sp³-hybridized carbons (Fsp3) is 0.0244. The molecule has 3 heterocycles. The van der Waals surface area contributed by atoms with E-state index in [0.717, 1.165) is 10.2 Å². The summed E-state index contributed by atoms with van der Waals surface area (Å²) in [6, 6.07) is 47.7. The fourth-order valence-corrected chi connectivity index (χ4v) is 9.52. The van der Waals surface area contributed by atoms with Crippen LogP contribution in [0.4, 0.5) is 0 Å². The van der Waals surface area contributed by atoms with E-state index >= 15 is 0 Å². The van der Waals surface area contributed by atoms with E-state index in [4.69, 9.17) is 0 Å². The third-order valence-electron chi connectivity index (χ3n) is 10.2. The number of benzene rings is 6. The SMILES string of the molecule is c1ccc2c(c1)-c1ccccc1C21c2ccccc2-c2ccc(-n3c4ccccc4c4cc5sc6ncncc6c5cc43)cc21. The Kier molecular flexibility index (Phi) is 4.40. The first-order valence-electron chi connectivity index (χ1n) is 15.3. The quantitative estimate of drug-likeness (QED) is 0.191. The molecule has 2 aliphatic carbocycles. The van der Waals surface area contributed by atoms with Crippen molar-refractivity contribution in [1.82, 2.24) is 14.5 Å². The highest BCUT2D eigenvalue weighted by molar-refractivity contribution is 7.25. The first-order valence-corrected chi connectivity index (χ1v) is 16.1. The molecule has 0 fully saturated rings. The molecule has 9 aromatic rings. The van der Waals surface area contributed by atoms with Gasteiger partial charge in [-0.1, -0.05) is 97.1 Å². The van der Waals surface area contributed by atoms with Crippen LogP contribution < -0.4 is 0 Å². The molecule has 0 aliphatic heterocycles. The molecule has 45 heavy (non-hydrogen) atoms. The second kappa shape index (κ2) is 8.32. The van der Waals surface area contributed by atoms with Gasteiger partial charge in [0.15, 0.2) is 0 Å². The average molecular weight is 590 g/mol. The number of aromatic nitrogens is 3. The van der Waals surface area contributed by atoms with Gasteiger partial charge in [-0.25, -0.2) is 9.97 Å². The maximum atomic E-state index is 4.57. The van der Waals surface area contributed by atoms with E-state index in [9.17, 15) is 0 Å². The summed E-state index contributed by atoms with van der Waals surface area (Å²) in [6.45, 7) is 0. The van der Waals surface area contributed by atoms with Crippen LogP contribution in [-0.4, -0.2) is 14.5 Å². The van der Waals surface area contributed by atoms with Gasteiger partial charge in [-0.05, 0) is 74.8 Å². The highest BCUT2D eigenvalue weighted by Gasteiger charge is 2.51. The zero-order chi connectivity index (χ0) is 29.3. The normalized spacial score (nSPS) is 14.0. The number of thiophene rings is 1. The second-order valence-electron chi connectivity index (χ2n) is 12.2. The highest BCUT2D eigenvalue weighted by atomic mass is 32.1. The lowest BCUT2D eigenvalue weighted by atomic mass is 9.70. The van der Waals surface area contributed by atoms with Crippen LogP contribution in [0.5, 0.6) is 0 Å². The lowest BCUT2D eigenvalue weighted by Crippen LogP contribution is -2.26. The minimum absolute atomic E-state index is 0.373. The molecule has 0 radical (unpaired) electrons. The van der Waals surface area contributed by atoms with Crippen LogP contribution in [0, 0.1) is 0 Å². The molecule has 0 saturated carbocycles. The molecule has 2 aliphatic rings. The first-order chi connectivity index (χ1) is 22.3. The molecular formula is C41H23N3S. The summed E-state index contributed by atoms with van der Waals surface area (Å²) in [5.41, 5.74) is 13.9. The molecule has 1 spiro atoms. The van der Waals surface area contributed by atoms with Crippen molar-refractivity contribution >= 4 is 53.4 Å². The molecule has 0 saturated heterocycles. The highest BCUT2D eigenvalue weighted by Crippen LogP contribution is 2.63. The van der Waals surface area contributed by atoms with Gasteiger partial charge in [0.1, 0.15) is 11.2 Å². The van der Waals surface area contributed by atoms with Gasteiger partial charge < -0.3 is 4.57 Å². The molecule has 0 bridgehead atoms. The number of fused-ring (bicyclic) bond motifs is 16. The first kappa shape index (κ1) is 23.8. The summed E-state index contributed by atoms with van der Waals surface area (Å²) >= 11 is 1.74. The van der Waals surface area contributed by atoms with E-state index in [2.05, 4.69) is 142 Å². The third kappa shape index (κ3) is 2.82. The molecule has 0 N–H and O–H groups in total. The van der Waals surface area contributed by atoms with Crippen LogP contribution in [0.15, 0.2) is 140 Å². The van der Waals surface area contributed by atoms with Crippen LogP contribution in [-0.2, 0) is 5.41 Å². The Morgan fingerprint density at radius 2 is 1.16 bits per heavy atom. The lowest BCUT2D eigenvalue weighted by Gasteiger charge is -2.30. The van der Waals surface area contributed by atoms with Crippen molar-refractivity contribution in [1.29, 1.82) is 0 Å². The van der Waals surface area contributed by atoms with Crippen molar-refractivity contribution in [2.24, 2.45) is 0 Å². The van der Waals surface area contributed by atoms with E-state index in [-0.39, 0.29) is 5.41 Å². The van der Waals surface area contributed by atoms with Gasteiger partial charge in [-0.15, -0.1) is 11.3 Å². The molecule has 208 valence electrons. The van der Waals surface area contributed by atoms with Crippen molar-refractivity contribution < 1.29 is 0 Å². The monoisotopic (exact) mass is 589 g/mol. The van der Waals surface area contributed by atoms with Crippen molar-refractivity contribution in [2.45, 2.75) is 5.41 Å². The minimum Gasteiger partial charge on any atom is -0.309 e. The molecule has 3 aromatic heterocycles. The molecular weight excluding hydrogens is 567 g/mol. The topological polar surface area (TPSA) is 30.7 Å². The van der Waals surface area contributed by atoms with E-state index < -0.39 is 0 Å². The van der Waals surface area contributed by atoms with Crippen LogP contribution in [0.2, 0.25) is 0 Å².